The summed E-state index contributed by atoms with van der Waals surface area (Å²) in [5.74, 6) is 0.360. The number of anilines is 1. The van der Waals surface area contributed by atoms with Crippen LogP contribution < -0.4 is 14.8 Å². The Morgan fingerprint density at radius 1 is 1.21 bits per heavy atom. The molecule has 1 saturated heterocycles. The number of thiazole rings is 1. The van der Waals surface area contributed by atoms with E-state index in [9.17, 15) is 13.2 Å². The molecule has 0 saturated carbocycles. The molecule has 10 heteroatoms. The number of nitrogens with zero attached hydrogens (tertiary/aromatic N) is 1. The van der Waals surface area contributed by atoms with Crippen LogP contribution in [0, 0.1) is 0 Å². The Labute approximate surface area is 197 Å². The quantitative estimate of drug-likeness (QED) is 0.474. The van der Waals surface area contributed by atoms with Crippen LogP contribution in [0.5, 0.6) is 5.75 Å². The number of benzene rings is 2. The summed E-state index contributed by atoms with van der Waals surface area (Å²) in [5.41, 5.74) is 1.89. The lowest BCUT2D eigenvalue weighted by Crippen LogP contribution is -2.31. The molecule has 1 unspecified atom stereocenters. The highest BCUT2D eigenvalue weighted by Gasteiger charge is 2.21. The smallest absolute Gasteiger partial charge is 0.257 e. The standard InChI is InChI=1S/C23H25N3O5S2/c1-2-30-21-8-4-3-7-19(21)20-15-32-23(25-20)26-22(27)16-9-11-18(12-10-16)33(28,29)24-14-17-6-5-13-31-17/h3-4,7-12,15,17,24H,2,5-6,13-14H2,1H3,(H,25,26,27). The van der Waals surface area contributed by atoms with Crippen LogP contribution in [0.1, 0.15) is 30.1 Å². The van der Waals surface area contributed by atoms with Gasteiger partial charge in [0.2, 0.25) is 10.0 Å². The highest BCUT2D eigenvalue weighted by atomic mass is 32.2. The van der Waals surface area contributed by atoms with Crippen molar-refractivity contribution in [1.29, 1.82) is 0 Å². The zero-order chi connectivity index (χ0) is 23.3. The topological polar surface area (TPSA) is 107 Å². The molecule has 1 fully saturated rings. The third-order valence-electron chi connectivity index (χ3n) is 5.14. The third kappa shape index (κ3) is 5.77. The Morgan fingerprint density at radius 3 is 2.73 bits per heavy atom. The van der Waals surface area contributed by atoms with Crippen LogP contribution in [0.15, 0.2) is 58.8 Å². The molecular weight excluding hydrogens is 462 g/mol. The lowest BCUT2D eigenvalue weighted by Gasteiger charge is -2.11. The number of ether oxygens (including phenoxy) is 2. The maximum Gasteiger partial charge on any atom is 0.257 e. The van der Waals surface area contributed by atoms with E-state index in [1.54, 1.807) is 0 Å². The highest BCUT2D eigenvalue weighted by molar-refractivity contribution is 7.89. The number of sulfonamides is 1. The molecule has 0 bridgehead atoms. The number of aromatic nitrogens is 1. The minimum absolute atomic E-state index is 0.0893. The van der Waals surface area contributed by atoms with Gasteiger partial charge in [-0.2, -0.15) is 0 Å². The molecule has 2 heterocycles. The van der Waals surface area contributed by atoms with Crippen molar-refractivity contribution in [3.63, 3.8) is 0 Å². The molecule has 2 N–H and O–H groups in total. The van der Waals surface area contributed by atoms with Crippen LogP contribution in [0.2, 0.25) is 0 Å². The summed E-state index contributed by atoms with van der Waals surface area (Å²) in [4.78, 5) is 17.2. The summed E-state index contributed by atoms with van der Waals surface area (Å²) in [6.45, 7) is 3.36. The van der Waals surface area contributed by atoms with Crippen LogP contribution in [-0.2, 0) is 14.8 Å². The fraction of sp³-hybridized carbons (Fsp3) is 0.304. The van der Waals surface area contributed by atoms with Crippen molar-refractivity contribution < 1.29 is 22.7 Å². The van der Waals surface area contributed by atoms with E-state index in [1.165, 1.54) is 35.6 Å². The van der Waals surface area contributed by atoms with Crippen molar-refractivity contribution in [2.45, 2.75) is 30.8 Å². The zero-order valence-electron chi connectivity index (χ0n) is 18.1. The molecule has 1 aromatic heterocycles. The van der Waals surface area contributed by atoms with E-state index in [0.717, 1.165) is 24.2 Å². The number of hydrogen-bond donors (Lipinski definition) is 2. The second-order valence-corrected chi connectivity index (χ2v) is 10.1. The van der Waals surface area contributed by atoms with Crippen LogP contribution >= 0.6 is 11.3 Å². The summed E-state index contributed by atoms with van der Waals surface area (Å²) in [6, 6.07) is 13.4. The maximum absolute atomic E-state index is 12.6. The Balaban J connectivity index is 1.40. The molecule has 4 rings (SSSR count). The van der Waals surface area contributed by atoms with Crippen LogP contribution in [0.4, 0.5) is 5.13 Å². The van der Waals surface area contributed by atoms with Gasteiger partial charge in [0.15, 0.2) is 5.13 Å². The summed E-state index contributed by atoms with van der Waals surface area (Å²) < 4.78 is 38.6. The van der Waals surface area contributed by atoms with Crippen LogP contribution in [0.3, 0.4) is 0 Å². The second-order valence-electron chi connectivity index (χ2n) is 7.43. The normalized spacial score (nSPS) is 16.0. The molecule has 8 nitrogen and oxygen atoms in total. The van der Waals surface area contributed by atoms with E-state index in [-0.39, 0.29) is 23.5 Å². The predicted octanol–water partition coefficient (Wildman–Crippen LogP) is 3.92. The summed E-state index contributed by atoms with van der Waals surface area (Å²) in [7, 11) is -3.67. The molecule has 1 atom stereocenters. The molecule has 33 heavy (non-hydrogen) atoms. The number of rotatable bonds is 9. The lowest BCUT2D eigenvalue weighted by molar-refractivity contribution is 0.102. The maximum atomic E-state index is 12.6. The first-order chi connectivity index (χ1) is 16.0. The van der Waals surface area contributed by atoms with E-state index in [2.05, 4.69) is 15.0 Å². The Hall–Kier alpha value is -2.79. The molecule has 2 aromatic carbocycles. The molecule has 174 valence electrons. The molecule has 0 aliphatic carbocycles. The number of carbonyl (C=O) groups is 1. The van der Waals surface area contributed by atoms with Gasteiger partial charge in [-0.15, -0.1) is 11.3 Å². The van der Waals surface area contributed by atoms with Gasteiger partial charge >= 0.3 is 0 Å². The lowest BCUT2D eigenvalue weighted by atomic mass is 10.1. The molecular formula is C23H25N3O5S2. The van der Waals surface area contributed by atoms with Gasteiger partial charge in [0.05, 0.1) is 23.3 Å². The van der Waals surface area contributed by atoms with E-state index < -0.39 is 10.0 Å². The third-order valence-corrected chi connectivity index (χ3v) is 7.34. The number of amides is 1. The number of hydrogen-bond acceptors (Lipinski definition) is 7. The van der Waals surface area contributed by atoms with Gasteiger partial charge in [-0.1, -0.05) is 12.1 Å². The van der Waals surface area contributed by atoms with Crippen molar-refractivity contribution in [2.75, 3.05) is 25.1 Å². The summed E-state index contributed by atoms with van der Waals surface area (Å²) >= 11 is 1.30. The van der Waals surface area contributed by atoms with Crippen molar-refractivity contribution in [3.05, 3.63) is 59.5 Å². The van der Waals surface area contributed by atoms with Gasteiger partial charge in [-0.3, -0.25) is 10.1 Å². The molecule has 1 amide bonds. The van der Waals surface area contributed by atoms with Gasteiger partial charge in [-0.25, -0.2) is 18.1 Å². The van der Waals surface area contributed by atoms with Gasteiger partial charge in [0.25, 0.3) is 5.91 Å². The Kier molecular flexibility index (Phi) is 7.39. The minimum atomic E-state index is -3.67. The van der Waals surface area contributed by atoms with Crippen molar-refractivity contribution in [1.82, 2.24) is 9.71 Å². The first kappa shape index (κ1) is 23.4. The van der Waals surface area contributed by atoms with Crippen molar-refractivity contribution in [3.8, 4) is 17.0 Å². The van der Waals surface area contributed by atoms with Gasteiger partial charge < -0.3 is 9.47 Å². The Bertz CT molecular complexity index is 1200. The zero-order valence-corrected chi connectivity index (χ0v) is 19.7. The average molecular weight is 488 g/mol. The van der Waals surface area contributed by atoms with E-state index in [0.29, 0.717) is 29.6 Å². The minimum Gasteiger partial charge on any atom is -0.493 e. The predicted molar refractivity (Wildman–Crippen MR) is 127 cm³/mol. The largest absolute Gasteiger partial charge is 0.493 e. The first-order valence-electron chi connectivity index (χ1n) is 10.7. The van der Waals surface area contributed by atoms with E-state index in [4.69, 9.17) is 9.47 Å². The van der Waals surface area contributed by atoms with Gasteiger partial charge in [0.1, 0.15) is 5.75 Å². The van der Waals surface area contributed by atoms with Crippen LogP contribution in [0.25, 0.3) is 11.3 Å². The number of nitrogens with one attached hydrogen (secondary N) is 2. The molecule has 1 aliphatic rings. The molecule has 0 spiro atoms. The molecule has 3 aromatic rings. The number of carbonyl (C=O) groups excluding carboxylic acids is 1. The Morgan fingerprint density at radius 2 is 2.00 bits per heavy atom. The second kappa shape index (κ2) is 10.4. The SMILES string of the molecule is CCOc1ccccc1-c1csc(NC(=O)c2ccc(S(=O)(=O)NCC3CCCO3)cc2)n1. The van der Waals surface area contributed by atoms with E-state index >= 15 is 0 Å². The van der Waals surface area contributed by atoms with Crippen LogP contribution in [-0.4, -0.2) is 45.2 Å². The molecule has 1 aliphatic heterocycles. The average Bonchev–Trinajstić information content (AvgIpc) is 3.51. The fourth-order valence-electron chi connectivity index (χ4n) is 3.46. The summed E-state index contributed by atoms with van der Waals surface area (Å²) in [6.07, 6.45) is 1.70. The first-order valence-corrected chi connectivity index (χ1v) is 13.0. The summed E-state index contributed by atoms with van der Waals surface area (Å²) in [5, 5.41) is 5.06. The molecule has 0 radical (unpaired) electrons. The highest BCUT2D eigenvalue weighted by Crippen LogP contribution is 2.32. The fourth-order valence-corrected chi connectivity index (χ4v) is 5.23. The number of para-hydroxylation sites is 1. The van der Waals surface area contributed by atoms with Gasteiger partial charge in [-0.05, 0) is 56.2 Å². The van der Waals surface area contributed by atoms with E-state index in [1.807, 2.05) is 36.6 Å². The monoisotopic (exact) mass is 487 g/mol. The van der Waals surface area contributed by atoms with Crippen molar-refractivity contribution >= 4 is 32.4 Å². The van der Waals surface area contributed by atoms with Crippen molar-refractivity contribution in [2.24, 2.45) is 0 Å². The van der Waals surface area contributed by atoms with Gasteiger partial charge in [0, 0.05) is 29.7 Å².